The molecule has 4 rings (SSSR count). The number of carbonyl (C=O) groups is 1. The molecule has 0 aromatic carbocycles. The Hall–Kier alpha value is -0.546. The van der Waals surface area contributed by atoms with Gasteiger partial charge in [-0.2, -0.15) is 0 Å². The van der Waals surface area contributed by atoms with Crippen molar-refractivity contribution in [1.29, 1.82) is 0 Å². The fourth-order valence-corrected chi connectivity index (χ4v) is 13.3. The lowest BCUT2D eigenvalue weighted by Gasteiger charge is -2.45. The van der Waals surface area contributed by atoms with Gasteiger partial charge in [-0.15, -0.1) is 0 Å². The van der Waals surface area contributed by atoms with E-state index >= 15 is 0 Å². The Labute approximate surface area is 272 Å². The number of hydrogen-bond donors (Lipinski definition) is 0. The van der Waals surface area contributed by atoms with Crippen LogP contribution in [0.1, 0.15) is 113 Å². The molecule has 0 spiro atoms. The van der Waals surface area contributed by atoms with Gasteiger partial charge >= 0.3 is 0 Å². The molecule has 2 saturated carbocycles. The van der Waals surface area contributed by atoms with Gasteiger partial charge in [-0.05, 0) is 116 Å². The summed E-state index contributed by atoms with van der Waals surface area (Å²) in [5.41, 5.74) is 3.68. The quantitative estimate of drug-likeness (QED) is 0.140. The third kappa shape index (κ3) is 7.00. The molecule has 0 amide bonds. The van der Waals surface area contributed by atoms with E-state index < -0.39 is 31.7 Å². The fraction of sp³-hybridized carbons (Fsp3) is 0.861. The third-order valence-corrected chi connectivity index (χ3v) is 24.1. The summed E-state index contributed by atoms with van der Waals surface area (Å²) in [6.45, 7) is 27.6. The number of allylic oxidation sites excluding steroid dienone is 1. The molecule has 0 bridgehead atoms. The van der Waals surface area contributed by atoms with Crippen LogP contribution in [0.15, 0.2) is 22.8 Å². The van der Waals surface area contributed by atoms with Crippen LogP contribution >= 0.6 is 0 Å². The summed E-state index contributed by atoms with van der Waals surface area (Å²) in [7, 11) is -7.60. The van der Waals surface area contributed by atoms with E-state index in [0.29, 0.717) is 30.6 Å². The molecular weight excluding hydrogens is 601 g/mol. The van der Waals surface area contributed by atoms with Gasteiger partial charge in [0.15, 0.2) is 26.5 Å². The van der Waals surface area contributed by atoms with Crippen LogP contribution in [0.2, 0.25) is 36.3 Å². The largest absolute Gasteiger partial charge is 0.414 e. The van der Waals surface area contributed by atoms with E-state index in [2.05, 4.69) is 87.7 Å². The number of fused-ring (bicyclic) bond motifs is 1. The maximum atomic E-state index is 14.1. The maximum Gasteiger partial charge on any atom is 0.192 e. The van der Waals surface area contributed by atoms with Gasteiger partial charge in [-0.1, -0.05) is 67.0 Å². The Morgan fingerprint density at radius 3 is 2.18 bits per heavy atom. The van der Waals surface area contributed by atoms with E-state index in [1.165, 1.54) is 18.4 Å². The van der Waals surface area contributed by atoms with Gasteiger partial charge < -0.3 is 13.6 Å². The van der Waals surface area contributed by atoms with Crippen LogP contribution in [0.4, 0.5) is 0 Å². The highest BCUT2D eigenvalue weighted by molar-refractivity contribution is 7.92. The standard InChI is InChI=1S/C36H64O5SSi2/c1-25(15-14-20-37)30-17-18-31-26(16-13-19-36(30,31)8)21-33-28-22-27(40-43(9,10)34(2,3)4)23-32(29(28)24-42(33,38)39)41-44(11,12)35(5,6)7/h20-21,25,27,30-33H,13-19,22-24H2,1-12H3/b26-21+/t25-,27-,30-,31?,32+,33?,36-/m1/s1. The second kappa shape index (κ2) is 12.5. The van der Waals surface area contributed by atoms with Gasteiger partial charge in [-0.25, -0.2) is 8.42 Å². The second-order valence-electron chi connectivity index (χ2n) is 18.1. The molecule has 0 N–H and O–H groups in total. The second-order valence-corrected chi connectivity index (χ2v) is 29.8. The topological polar surface area (TPSA) is 69.7 Å². The van der Waals surface area contributed by atoms with Crippen LogP contribution in [-0.4, -0.2) is 54.5 Å². The molecule has 3 aliphatic carbocycles. The highest BCUT2D eigenvalue weighted by Crippen LogP contribution is 2.60. The molecule has 252 valence electrons. The first-order valence-corrected chi connectivity index (χ1v) is 25.0. The van der Waals surface area contributed by atoms with Crippen molar-refractivity contribution in [1.82, 2.24) is 0 Å². The van der Waals surface area contributed by atoms with Gasteiger partial charge in [0, 0.05) is 12.8 Å². The molecule has 0 saturated heterocycles. The molecule has 2 fully saturated rings. The highest BCUT2D eigenvalue weighted by atomic mass is 32.2. The molecule has 7 atom stereocenters. The molecule has 1 heterocycles. The minimum absolute atomic E-state index is 0.0234. The molecule has 0 aromatic heterocycles. The van der Waals surface area contributed by atoms with Gasteiger partial charge in [0.05, 0.1) is 18.0 Å². The Bertz CT molecular complexity index is 1250. The summed E-state index contributed by atoms with van der Waals surface area (Å²) in [6.07, 6.45) is 11.7. The third-order valence-electron chi connectivity index (χ3n) is 13.2. The molecule has 44 heavy (non-hydrogen) atoms. The number of sulfone groups is 1. The van der Waals surface area contributed by atoms with Gasteiger partial charge in [0.25, 0.3) is 0 Å². The monoisotopic (exact) mass is 664 g/mol. The Balaban J connectivity index is 1.72. The van der Waals surface area contributed by atoms with Crippen molar-refractivity contribution in [2.75, 3.05) is 5.75 Å². The van der Waals surface area contributed by atoms with Crippen LogP contribution in [0.5, 0.6) is 0 Å². The van der Waals surface area contributed by atoms with Crippen LogP contribution < -0.4 is 0 Å². The van der Waals surface area contributed by atoms with Crippen LogP contribution in [0, 0.1) is 23.2 Å². The van der Waals surface area contributed by atoms with Crippen molar-refractivity contribution in [3.05, 3.63) is 22.8 Å². The summed E-state index contributed by atoms with van der Waals surface area (Å²) < 4.78 is 42.4. The smallest absolute Gasteiger partial charge is 0.192 e. The molecule has 2 unspecified atom stereocenters. The van der Waals surface area contributed by atoms with Gasteiger partial charge in [-0.3, -0.25) is 0 Å². The average molecular weight is 665 g/mol. The van der Waals surface area contributed by atoms with E-state index in [1.54, 1.807) is 0 Å². The Morgan fingerprint density at radius 2 is 1.59 bits per heavy atom. The lowest BCUT2D eigenvalue weighted by molar-refractivity contribution is -0.108. The van der Waals surface area contributed by atoms with Crippen molar-refractivity contribution in [2.24, 2.45) is 23.2 Å². The minimum Gasteiger partial charge on any atom is -0.414 e. The zero-order valence-electron chi connectivity index (χ0n) is 30.1. The normalized spacial score (nSPS) is 34.6. The summed E-state index contributed by atoms with van der Waals surface area (Å²) >= 11 is 0. The minimum atomic E-state index is -3.38. The average Bonchev–Trinajstić information content (AvgIpc) is 3.35. The van der Waals surface area contributed by atoms with Gasteiger partial charge in [0.2, 0.25) is 0 Å². The molecule has 4 aliphatic rings. The zero-order valence-corrected chi connectivity index (χ0v) is 33.0. The van der Waals surface area contributed by atoms with E-state index in [4.69, 9.17) is 8.85 Å². The van der Waals surface area contributed by atoms with Crippen LogP contribution in [0.25, 0.3) is 0 Å². The van der Waals surface area contributed by atoms with Crippen LogP contribution in [0.3, 0.4) is 0 Å². The zero-order chi connectivity index (χ0) is 33.1. The summed E-state index contributed by atoms with van der Waals surface area (Å²) in [4.78, 5) is 11.1. The molecule has 0 radical (unpaired) electrons. The van der Waals surface area contributed by atoms with Crippen LogP contribution in [-0.2, 0) is 23.5 Å². The molecular formula is C36H64O5SSi2. The lowest BCUT2D eigenvalue weighted by atomic mass is 9.60. The first-order valence-electron chi connectivity index (χ1n) is 17.5. The van der Waals surface area contributed by atoms with E-state index in [1.807, 2.05) is 0 Å². The van der Waals surface area contributed by atoms with Crippen molar-refractivity contribution in [3.8, 4) is 0 Å². The Kier molecular flexibility index (Phi) is 10.3. The first kappa shape index (κ1) is 36.3. The molecule has 5 nitrogen and oxygen atoms in total. The molecule has 1 aliphatic heterocycles. The van der Waals surface area contributed by atoms with Crippen molar-refractivity contribution >= 4 is 32.8 Å². The number of hydrogen-bond acceptors (Lipinski definition) is 5. The van der Waals surface area contributed by atoms with Crippen molar-refractivity contribution in [3.63, 3.8) is 0 Å². The van der Waals surface area contributed by atoms with E-state index in [9.17, 15) is 13.2 Å². The van der Waals surface area contributed by atoms with Crippen molar-refractivity contribution in [2.45, 2.75) is 167 Å². The van der Waals surface area contributed by atoms with Gasteiger partial charge in [0.1, 0.15) is 11.5 Å². The van der Waals surface area contributed by atoms with E-state index in [0.717, 1.165) is 49.5 Å². The fourth-order valence-electron chi connectivity index (χ4n) is 8.54. The predicted molar refractivity (Wildman–Crippen MR) is 189 cm³/mol. The molecule has 8 heteroatoms. The Morgan fingerprint density at radius 1 is 0.977 bits per heavy atom. The number of aldehydes is 1. The highest BCUT2D eigenvalue weighted by Gasteiger charge is 2.53. The van der Waals surface area contributed by atoms with Crippen molar-refractivity contribution < 1.29 is 22.1 Å². The SMILES string of the molecule is C[C@H](CCC=O)[C@H]1CCC2/C(=C/C3C4=C(CS3(=O)=O)[C@@H](O[Si](C)(C)C(C)(C)C)C[C@H](O[Si](C)(C)C(C)(C)C)C4)CCC[C@@]21C. The summed E-state index contributed by atoms with van der Waals surface area (Å²) in [6, 6.07) is 0. The summed E-state index contributed by atoms with van der Waals surface area (Å²) in [5.74, 6) is 1.65. The maximum absolute atomic E-state index is 14.1. The first-order chi connectivity index (χ1) is 20.0. The van der Waals surface area contributed by atoms with E-state index in [-0.39, 0.29) is 33.5 Å². The predicted octanol–water partition coefficient (Wildman–Crippen LogP) is 9.41. The summed E-state index contributed by atoms with van der Waals surface area (Å²) in [5, 5.41) is -0.443. The lowest BCUT2D eigenvalue weighted by Crippen LogP contribution is -2.49. The molecule has 0 aromatic rings. The number of carbonyl (C=O) groups excluding carboxylic acids is 1. The number of rotatable bonds is 9.